The fourth-order valence-electron chi connectivity index (χ4n) is 0.963. The van der Waals surface area contributed by atoms with Gasteiger partial charge in [0, 0.05) is 12.4 Å². The van der Waals surface area contributed by atoms with Crippen LogP contribution < -0.4 is 0 Å². The minimum Gasteiger partial charge on any atom is -0.265 e. The minimum absolute atomic E-state index is 1.04. The highest BCUT2D eigenvalue weighted by Crippen LogP contribution is 2.10. The molecular weight excluding hydrogens is 265 g/mol. The number of hydrogen-bond acceptors (Lipinski definition) is 2. The van der Waals surface area contributed by atoms with Crippen LogP contribution in [0.3, 0.4) is 0 Å². The van der Waals surface area contributed by atoms with Crippen molar-refractivity contribution in [1.82, 2.24) is 14.8 Å². The van der Waals surface area contributed by atoms with Crippen molar-refractivity contribution in [2.24, 2.45) is 0 Å². The molecule has 0 aliphatic heterocycles. The van der Waals surface area contributed by atoms with Gasteiger partial charge in [-0.2, -0.15) is 5.10 Å². The molecule has 0 radical (unpaired) electrons. The first kappa shape index (κ1) is 7.72. The van der Waals surface area contributed by atoms with Crippen LogP contribution in [0, 0.1) is 3.70 Å². The van der Waals surface area contributed by atoms with Crippen molar-refractivity contribution >= 4 is 22.6 Å². The Hall–Kier alpha value is -0.910. The summed E-state index contributed by atoms with van der Waals surface area (Å²) in [5.41, 5.74) is 1.04. The van der Waals surface area contributed by atoms with Crippen molar-refractivity contribution in [2.75, 3.05) is 0 Å². The van der Waals surface area contributed by atoms with E-state index in [0.29, 0.717) is 0 Å². The van der Waals surface area contributed by atoms with E-state index in [1.54, 1.807) is 18.6 Å². The molecule has 0 aliphatic rings. The smallest absolute Gasteiger partial charge is 0.105 e. The number of halogens is 1. The molecule has 0 saturated carbocycles. The quantitative estimate of drug-likeness (QED) is 0.741. The van der Waals surface area contributed by atoms with Crippen LogP contribution in [0.5, 0.6) is 0 Å². The normalized spacial score (nSPS) is 10.1. The Morgan fingerprint density at radius 2 is 1.83 bits per heavy atom. The maximum Gasteiger partial charge on any atom is 0.105 e. The molecule has 3 nitrogen and oxygen atoms in total. The molecule has 0 aromatic carbocycles. The molecule has 0 saturated heterocycles. The summed E-state index contributed by atoms with van der Waals surface area (Å²) in [5.74, 6) is 0. The Morgan fingerprint density at radius 3 is 2.42 bits per heavy atom. The summed E-state index contributed by atoms with van der Waals surface area (Å²) in [7, 11) is 0. The summed E-state index contributed by atoms with van der Waals surface area (Å²) in [6.07, 6.45) is 5.29. The fourth-order valence-corrected chi connectivity index (χ4v) is 1.53. The van der Waals surface area contributed by atoms with Crippen LogP contribution in [0.2, 0.25) is 0 Å². The molecule has 0 fully saturated rings. The van der Waals surface area contributed by atoms with E-state index in [2.05, 4.69) is 32.7 Å². The van der Waals surface area contributed by atoms with Crippen molar-refractivity contribution < 1.29 is 0 Å². The SMILES string of the molecule is Ic1ccnn1-c1ccncc1. The lowest BCUT2D eigenvalue weighted by atomic mass is 10.4. The second-order valence-electron chi connectivity index (χ2n) is 2.27. The number of pyridine rings is 1. The summed E-state index contributed by atoms with van der Waals surface area (Å²) >= 11 is 2.24. The first-order chi connectivity index (χ1) is 5.88. The maximum atomic E-state index is 4.17. The highest BCUT2D eigenvalue weighted by molar-refractivity contribution is 14.1. The second kappa shape index (κ2) is 3.22. The van der Waals surface area contributed by atoms with E-state index in [-0.39, 0.29) is 0 Å². The predicted octanol–water partition coefficient (Wildman–Crippen LogP) is 1.87. The largest absolute Gasteiger partial charge is 0.265 e. The summed E-state index contributed by atoms with van der Waals surface area (Å²) in [4.78, 5) is 3.94. The van der Waals surface area contributed by atoms with E-state index in [9.17, 15) is 0 Å². The molecule has 0 amide bonds. The third kappa shape index (κ3) is 1.34. The van der Waals surface area contributed by atoms with Crippen LogP contribution in [0.15, 0.2) is 36.8 Å². The first-order valence-electron chi connectivity index (χ1n) is 3.48. The van der Waals surface area contributed by atoms with E-state index in [4.69, 9.17) is 0 Å². The molecule has 0 atom stereocenters. The van der Waals surface area contributed by atoms with Crippen LogP contribution in [-0.2, 0) is 0 Å². The molecule has 0 aliphatic carbocycles. The second-order valence-corrected chi connectivity index (χ2v) is 3.38. The maximum absolute atomic E-state index is 4.17. The third-order valence-electron chi connectivity index (χ3n) is 1.50. The fraction of sp³-hybridized carbons (Fsp3) is 0. The van der Waals surface area contributed by atoms with E-state index in [0.717, 1.165) is 9.39 Å². The average molecular weight is 271 g/mol. The van der Waals surface area contributed by atoms with Gasteiger partial charge >= 0.3 is 0 Å². The molecule has 0 unspecified atom stereocenters. The van der Waals surface area contributed by atoms with Crippen molar-refractivity contribution in [3.8, 4) is 5.69 Å². The van der Waals surface area contributed by atoms with Crippen LogP contribution in [-0.4, -0.2) is 14.8 Å². The third-order valence-corrected chi connectivity index (χ3v) is 2.32. The average Bonchev–Trinajstić information content (AvgIpc) is 2.53. The number of hydrogen-bond donors (Lipinski definition) is 0. The van der Waals surface area contributed by atoms with Gasteiger partial charge in [-0.15, -0.1) is 0 Å². The zero-order valence-corrected chi connectivity index (χ0v) is 8.34. The van der Waals surface area contributed by atoms with Crippen LogP contribution in [0.4, 0.5) is 0 Å². The number of nitrogens with zero attached hydrogens (tertiary/aromatic N) is 3. The van der Waals surface area contributed by atoms with Gasteiger partial charge in [-0.05, 0) is 40.8 Å². The molecule has 0 spiro atoms. The summed E-state index contributed by atoms with van der Waals surface area (Å²) < 4.78 is 2.96. The topological polar surface area (TPSA) is 30.7 Å². The Labute approximate surface area is 83.6 Å². The van der Waals surface area contributed by atoms with Gasteiger partial charge in [-0.25, -0.2) is 4.68 Å². The van der Waals surface area contributed by atoms with E-state index < -0.39 is 0 Å². The van der Waals surface area contributed by atoms with Gasteiger partial charge < -0.3 is 0 Å². The molecule has 0 N–H and O–H groups in total. The van der Waals surface area contributed by atoms with Crippen molar-refractivity contribution in [2.45, 2.75) is 0 Å². The van der Waals surface area contributed by atoms with Crippen LogP contribution in [0.25, 0.3) is 5.69 Å². The van der Waals surface area contributed by atoms with Crippen molar-refractivity contribution in [3.05, 3.63) is 40.5 Å². The Balaban J connectivity index is 2.51. The zero-order valence-electron chi connectivity index (χ0n) is 6.18. The molecule has 4 heteroatoms. The molecule has 0 bridgehead atoms. The minimum atomic E-state index is 1.04. The van der Waals surface area contributed by atoms with Crippen LogP contribution in [0.1, 0.15) is 0 Å². The first-order valence-corrected chi connectivity index (χ1v) is 4.56. The van der Waals surface area contributed by atoms with Gasteiger partial charge in [0.2, 0.25) is 0 Å². The molecule has 12 heavy (non-hydrogen) atoms. The lowest BCUT2D eigenvalue weighted by Crippen LogP contribution is -1.97. The van der Waals surface area contributed by atoms with Crippen LogP contribution >= 0.6 is 22.6 Å². The van der Waals surface area contributed by atoms with E-state index in [1.807, 2.05) is 22.9 Å². The zero-order chi connectivity index (χ0) is 8.39. The highest BCUT2D eigenvalue weighted by atomic mass is 127. The molecular formula is C8H6IN3. The molecule has 2 aromatic rings. The lowest BCUT2D eigenvalue weighted by molar-refractivity contribution is 0.856. The van der Waals surface area contributed by atoms with Crippen molar-refractivity contribution in [3.63, 3.8) is 0 Å². The monoisotopic (exact) mass is 271 g/mol. The Morgan fingerprint density at radius 1 is 1.08 bits per heavy atom. The van der Waals surface area contributed by atoms with Gasteiger partial charge in [0.05, 0.1) is 11.9 Å². The Kier molecular flexibility index (Phi) is 2.07. The summed E-state index contributed by atoms with van der Waals surface area (Å²) in [6, 6.07) is 5.81. The van der Waals surface area contributed by atoms with E-state index in [1.165, 1.54) is 0 Å². The number of rotatable bonds is 1. The summed E-state index contributed by atoms with van der Waals surface area (Å²) in [5, 5.41) is 4.17. The van der Waals surface area contributed by atoms with Gasteiger partial charge in [0.25, 0.3) is 0 Å². The summed E-state index contributed by atoms with van der Waals surface area (Å²) in [6.45, 7) is 0. The highest BCUT2D eigenvalue weighted by Gasteiger charge is 1.99. The van der Waals surface area contributed by atoms with Crippen molar-refractivity contribution in [1.29, 1.82) is 0 Å². The van der Waals surface area contributed by atoms with Gasteiger partial charge in [0.15, 0.2) is 0 Å². The lowest BCUT2D eigenvalue weighted by Gasteiger charge is -2.00. The van der Waals surface area contributed by atoms with Gasteiger partial charge in [-0.3, -0.25) is 4.98 Å². The van der Waals surface area contributed by atoms with Gasteiger partial charge in [0.1, 0.15) is 3.70 Å². The predicted molar refractivity (Wildman–Crippen MR) is 54.1 cm³/mol. The molecule has 2 aromatic heterocycles. The van der Waals surface area contributed by atoms with E-state index >= 15 is 0 Å². The van der Waals surface area contributed by atoms with Gasteiger partial charge in [-0.1, -0.05) is 0 Å². The molecule has 2 heterocycles. The standard InChI is InChI=1S/C8H6IN3/c9-8-3-6-11-12(8)7-1-4-10-5-2-7/h1-6H. The molecule has 2 rings (SSSR count). The number of aromatic nitrogens is 3. The Bertz CT molecular complexity index is 369. The molecule has 60 valence electrons.